The predicted octanol–water partition coefficient (Wildman–Crippen LogP) is 4.19. The Morgan fingerprint density at radius 2 is 1.97 bits per heavy atom. The number of benzene rings is 2. The molecule has 0 spiro atoms. The van der Waals surface area contributed by atoms with E-state index in [2.05, 4.69) is 20.0 Å². The van der Waals surface area contributed by atoms with Gasteiger partial charge in [-0.1, -0.05) is 0 Å². The number of hydrogen-bond donors (Lipinski definition) is 2. The molecule has 0 bridgehead atoms. The molecule has 2 aromatic carbocycles. The first-order valence-corrected chi connectivity index (χ1v) is 7.93. The van der Waals surface area contributed by atoms with Crippen molar-refractivity contribution in [2.24, 2.45) is 7.05 Å². The number of aromatic carboxylic acids is 1. The molecule has 2 heterocycles. The maximum absolute atomic E-state index is 13.9. The van der Waals surface area contributed by atoms with Crippen molar-refractivity contribution in [1.82, 2.24) is 14.5 Å². The fraction of sp³-hybridized carbons (Fsp3) is 0.118. The first kappa shape index (κ1) is 18.5. The van der Waals surface area contributed by atoms with Gasteiger partial charge in [-0.05, 0) is 18.2 Å². The van der Waals surface area contributed by atoms with Crippen molar-refractivity contribution < 1.29 is 36.6 Å². The highest BCUT2D eigenvalue weighted by Crippen LogP contribution is 2.29. The number of halogens is 4. The smallest absolute Gasteiger partial charge is 0.478 e. The molecule has 12 heteroatoms. The van der Waals surface area contributed by atoms with Crippen LogP contribution in [0.15, 0.2) is 34.7 Å². The minimum Gasteiger partial charge on any atom is -0.478 e. The van der Waals surface area contributed by atoms with Crippen LogP contribution in [0.1, 0.15) is 10.4 Å². The van der Waals surface area contributed by atoms with Crippen molar-refractivity contribution in [2.75, 3.05) is 5.32 Å². The Morgan fingerprint density at radius 3 is 2.66 bits per heavy atom. The SMILES string of the molecule is Cn1c(Nc2nc3ccc(OC(F)(F)F)cc3o2)nc2cc(C(=O)O)c(F)cc21. The van der Waals surface area contributed by atoms with E-state index in [4.69, 9.17) is 9.52 Å². The molecule has 4 aromatic rings. The number of aryl methyl sites for hydroxylation is 1. The molecule has 4 rings (SSSR count). The third kappa shape index (κ3) is 3.51. The summed E-state index contributed by atoms with van der Waals surface area (Å²) in [5, 5.41) is 11.7. The van der Waals surface area contributed by atoms with Crippen molar-refractivity contribution in [1.29, 1.82) is 0 Å². The van der Waals surface area contributed by atoms with Gasteiger partial charge in [-0.2, -0.15) is 4.98 Å². The molecule has 0 unspecified atom stereocenters. The zero-order valence-corrected chi connectivity index (χ0v) is 14.4. The molecule has 0 aliphatic heterocycles. The van der Waals surface area contributed by atoms with Gasteiger partial charge in [0.25, 0.3) is 0 Å². The molecule has 0 radical (unpaired) electrons. The quantitative estimate of drug-likeness (QED) is 0.486. The summed E-state index contributed by atoms with van der Waals surface area (Å²) in [6.07, 6.45) is -4.84. The Labute approximate surface area is 158 Å². The van der Waals surface area contributed by atoms with Crippen LogP contribution in [0.5, 0.6) is 5.75 Å². The minimum atomic E-state index is -4.84. The van der Waals surface area contributed by atoms with E-state index in [1.165, 1.54) is 10.6 Å². The largest absolute Gasteiger partial charge is 0.573 e. The fourth-order valence-corrected chi connectivity index (χ4v) is 2.74. The Kier molecular flexibility index (Phi) is 4.06. The lowest BCUT2D eigenvalue weighted by Crippen LogP contribution is -2.16. The third-order valence-corrected chi connectivity index (χ3v) is 4.01. The summed E-state index contributed by atoms with van der Waals surface area (Å²) < 4.78 is 61.6. The number of nitrogens with zero attached hydrogens (tertiary/aromatic N) is 3. The van der Waals surface area contributed by atoms with Gasteiger partial charge in [0.15, 0.2) is 5.58 Å². The Morgan fingerprint density at radius 1 is 1.21 bits per heavy atom. The molecular formula is C17H10F4N4O4. The molecule has 0 saturated carbocycles. The molecule has 0 aliphatic carbocycles. The minimum absolute atomic E-state index is 0.0345. The van der Waals surface area contributed by atoms with Gasteiger partial charge in [-0.15, -0.1) is 13.2 Å². The van der Waals surface area contributed by atoms with Crippen molar-refractivity contribution in [3.63, 3.8) is 0 Å². The van der Waals surface area contributed by atoms with Gasteiger partial charge in [0, 0.05) is 19.2 Å². The highest BCUT2D eigenvalue weighted by molar-refractivity contribution is 5.93. The van der Waals surface area contributed by atoms with Crippen molar-refractivity contribution in [2.45, 2.75) is 6.36 Å². The highest BCUT2D eigenvalue weighted by Gasteiger charge is 2.31. The predicted molar refractivity (Wildman–Crippen MR) is 91.6 cm³/mol. The lowest BCUT2D eigenvalue weighted by atomic mass is 10.2. The zero-order valence-electron chi connectivity index (χ0n) is 14.4. The summed E-state index contributed by atoms with van der Waals surface area (Å²) in [5.41, 5.74) is 0.297. The second kappa shape index (κ2) is 6.36. The fourth-order valence-electron chi connectivity index (χ4n) is 2.74. The molecule has 0 fully saturated rings. The van der Waals surface area contributed by atoms with Crippen LogP contribution in [0.4, 0.5) is 29.5 Å². The summed E-state index contributed by atoms with van der Waals surface area (Å²) in [6.45, 7) is 0. The van der Waals surface area contributed by atoms with Gasteiger partial charge in [-0.3, -0.25) is 5.32 Å². The van der Waals surface area contributed by atoms with Gasteiger partial charge in [0.2, 0.25) is 5.95 Å². The van der Waals surface area contributed by atoms with E-state index in [-0.39, 0.29) is 28.6 Å². The molecule has 2 N–H and O–H groups in total. The van der Waals surface area contributed by atoms with E-state index in [1.54, 1.807) is 7.05 Å². The highest BCUT2D eigenvalue weighted by atomic mass is 19.4. The summed E-state index contributed by atoms with van der Waals surface area (Å²) in [7, 11) is 1.55. The average Bonchev–Trinajstić information content (AvgIpc) is 3.14. The average molecular weight is 410 g/mol. The molecular weight excluding hydrogens is 400 g/mol. The monoisotopic (exact) mass is 410 g/mol. The number of oxazole rings is 1. The van der Waals surface area contributed by atoms with Gasteiger partial charge >= 0.3 is 18.3 Å². The Hall–Kier alpha value is -3.83. The van der Waals surface area contributed by atoms with Crippen LogP contribution in [0.25, 0.3) is 22.1 Å². The van der Waals surface area contributed by atoms with Gasteiger partial charge < -0.3 is 18.8 Å². The van der Waals surface area contributed by atoms with Crippen molar-refractivity contribution >= 4 is 40.1 Å². The second-order valence-corrected chi connectivity index (χ2v) is 5.94. The summed E-state index contributed by atoms with van der Waals surface area (Å²) in [5.74, 6) is -2.66. The molecule has 0 aliphatic rings. The van der Waals surface area contributed by atoms with Gasteiger partial charge in [-0.25, -0.2) is 14.2 Å². The van der Waals surface area contributed by atoms with Crippen LogP contribution >= 0.6 is 0 Å². The van der Waals surface area contributed by atoms with Gasteiger partial charge in [0.1, 0.15) is 17.1 Å². The molecule has 150 valence electrons. The first-order chi connectivity index (χ1) is 13.6. The van der Waals surface area contributed by atoms with Crippen molar-refractivity contribution in [3.05, 3.63) is 41.7 Å². The lowest BCUT2D eigenvalue weighted by molar-refractivity contribution is -0.274. The molecule has 0 saturated heterocycles. The Bertz CT molecular complexity index is 1260. The molecule has 0 amide bonds. The van der Waals surface area contributed by atoms with E-state index >= 15 is 0 Å². The van der Waals surface area contributed by atoms with Crippen LogP contribution in [0.3, 0.4) is 0 Å². The number of fused-ring (bicyclic) bond motifs is 2. The lowest BCUT2D eigenvalue weighted by Gasteiger charge is -2.07. The van der Waals surface area contributed by atoms with E-state index in [0.717, 1.165) is 24.3 Å². The topological polar surface area (TPSA) is 102 Å². The molecule has 29 heavy (non-hydrogen) atoms. The van der Waals surface area contributed by atoms with E-state index in [1.807, 2.05) is 0 Å². The summed E-state index contributed by atoms with van der Waals surface area (Å²) in [4.78, 5) is 19.3. The van der Waals surface area contributed by atoms with Crippen LogP contribution in [0.2, 0.25) is 0 Å². The standard InChI is InChI=1S/C17H10F4N4O4/c1-25-12-6-9(18)8(14(26)27)5-11(12)22-15(25)24-16-23-10-3-2-7(4-13(10)28-16)29-17(19,20)21/h2-6H,1H3,(H,26,27)(H,22,23,24). The normalized spacial score (nSPS) is 11.9. The Balaban J connectivity index is 1.68. The summed E-state index contributed by atoms with van der Waals surface area (Å²) in [6, 6.07) is 5.45. The van der Waals surface area contributed by atoms with Crippen LogP contribution in [0, 0.1) is 5.82 Å². The third-order valence-electron chi connectivity index (χ3n) is 4.01. The van der Waals surface area contributed by atoms with Crippen LogP contribution in [-0.2, 0) is 7.05 Å². The first-order valence-electron chi connectivity index (χ1n) is 7.93. The van der Waals surface area contributed by atoms with Crippen LogP contribution < -0.4 is 10.1 Å². The number of ether oxygens (including phenoxy) is 1. The number of imidazole rings is 1. The number of rotatable bonds is 4. The number of carbonyl (C=O) groups is 1. The molecule has 8 nitrogen and oxygen atoms in total. The zero-order chi connectivity index (χ0) is 20.9. The summed E-state index contributed by atoms with van der Waals surface area (Å²) >= 11 is 0. The number of anilines is 2. The van der Waals surface area contributed by atoms with E-state index in [0.29, 0.717) is 5.52 Å². The molecule has 2 aromatic heterocycles. The number of alkyl halides is 3. The number of carboxylic acids is 1. The molecule has 0 atom stereocenters. The van der Waals surface area contributed by atoms with E-state index < -0.39 is 29.5 Å². The van der Waals surface area contributed by atoms with Crippen LogP contribution in [-0.4, -0.2) is 32.0 Å². The number of aromatic nitrogens is 3. The maximum atomic E-state index is 13.9. The van der Waals surface area contributed by atoms with Gasteiger partial charge in [0.05, 0.1) is 16.6 Å². The number of nitrogens with one attached hydrogen (secondary N) is 1. The van der Waals surface area contributed by atoms with Crippen molar-refractivity contribution in [3.8, 4) is 5.75 Å². The second-order valence-electron chi connectivity index (χ2n) is 5.94. The maximum Gasteiger partial charge on any atom is 0.573 e. The number of hydrogen-bond acceptors (Lipinski definition) is 6. The van der Waals surface area contributed by atoms with E-state index in [9.17, 15) is 22.4 Å². The number of carboxylic acid groups (broad SMARTS) is 1.